The van der Waals surface area contributed by atoms with Gasteiger partial charge in [-0.05, 0) is 55.5 Å². The highest BCUT2D eigenvalue weighted by Gasteiger charge is 2.35. The number of carbonyl (C=O) groups is 3. The molecule has 3 amide bonds. The zero-order valence-electron chi connectivity index (χ0n) is 20.4. The number of halogens is 1. The van der Waals surface area contributed by atoms with Crippen molar-refractivity contribution in [3.63, 3.8) is 0 Å². The number of hydrogen-bond acceptors (Lipinski definition) is 6. The van der Waals surface area contributed by atoms with Gasteiger partial charge in [0.2, 0.25) is 17.7 Å². The first-order valence-electron chi connectivity index (χ1n) is 12.3. The van der Waals surface area contributed by atoms with Crippen molar-refractivity contribution in [1.29, 1.82) is 0 Å². The molecule has 0 radical (unpaired) electrons. The van der Waals surface area contributed by atoms with Crippen LogP contribution in [0.4, 0.5) is 11.4 Å². The van der Waals surface area contributed by atoms with Crippen molar-refractivity contribution in [2.24, 2.45) is 0 Å². The highest BCUT2D eigenvalue weighted by molar-refractivity contribution is 6.30. The molecular weight excluding hydrogens is 482 g/mol. The van der Waals surface area contributed by atoms with Gasteiger partial charge in [0.05, 0.1) is 19.6 Å². The number of carbonyl (C=O) groups excluding carboxylic acids is 3. The largest absolute Gasteiger partial charge is 0.494 e. The third kappa shape index (κ3) is 6.67. The van der Waals surface area contributed by atoms with Crippen LogP contribution in [0.25, 0.3) is 0 Å². The quantitative estimate of drug-likeness (QED) is 0.562. The zero-order chi connectivity index (χ0) is 25.5. The second kappa shape index (κ2) is 12.1. The Bertz CT molecular complexity index is 1060. The average Bonchev–Trinajstić information content (AvgIpc) is 2.87. The summed E-state index contributed by atoms with van der Waals surface area (Å²) in [6, 6.07) is 14.0. The highest BCUT2D eigenvalue weighted by atomic mass is 35.5. The van der Waals surface area contributed by atoms with Crippen molar-refractivity contribution >= 4 is 40.7 Å². The fourth-order valence-electron chi connectivity index (χ4n) is 4.50. The number of benzene rings is 2. The molecule has 2 heterocycles. The van der Waals surface area contributed by atoms with Crippen LogP contribution in [0.5, 0.6) is 5.75 Å². The molecule has 4 rings (SSSR count). The van der Waals surface area contributed by atoms with Gasteiger partial charge in [0.15, 0.2) is 0 Å². The SMILES string of the molecule is CCOc1ccc(NC(=O)C[C@H]2C(=O)NCCN2C(=O)CN2CCN(c3ccc(Cl)cc3)CC2)cc1. The van der Waals surface area contributed by atoms with E-state index in [9.17, 15) is 14.4 Å². The summed E-state index contributed by atoms with van der Waals surface area (Å²) in [4.78, 5) is 44.4. The number of nitrogens with zero attached hydrogens (tertiary/aromatic N) is 3. The normalized spacial score (nSPS) is 18.5. The van der Waals surface area contributed by atoms with Gasteiger partial charge in [0, 0.05) is 55.7 Å². The van der Waals surface area contributed by atoms with Gasteiger partial charge in [-0.1, -0.05) is 11.6 Å². The molecular formula is C26H32ClN5O4. The number of nitrogens with one attached hydrogen (secondary N) is 2. The van der Waals surface area contributed by atoms with Crippen molar-refractivity contribution in [3.8, 4) is 5.75 Å². The molecule has 2 aliphatic heterocycles. The lowest BCUT2D eigenvalue weighted by Gasteiger charge is -2.39. The van der Waals surface area contributed by atoms with Gasteiger partial charge in [-0.3, -0.25) is 19.3 Å². The first-order chi connectivity index (χ1) is 17.4. The second-order valence-electron chi connectivity index (χ2n) is 8.84. The van der Waals surface area contributed by atoms with E-state index in [1.807, 2.05) is 31.2 Å². The van der Waals surface area contributed by atoms with Crippen LogP contribution in [0.2, 0.25) is 5.02 Å². The molecule has 0 saturated carbocycles. The van der Waals surface area contributed by atoms with Crippen LogP contribution in [0.15, 0.2) is 48.5 Å². The number of anilines is 2. The number of amides is 3. The molecule has 1 atom stereocenters. The van der Waals surface area contributed by atoms with Crippen LogP contribution >= 0.6 is 11.6 Å². The molecule has 2 saturated heterocycles. The maximum atomic E-state index is 13.2. The Balaban J connectivity index is 1.30. The average molecular weight is 514 g/mol. The Morgan fingerprint density at radius 2 is 1.72 bits per heavy atom. The number of piperazine rings is 2. The predicted octanol–water partition coefficient (Wildman–Crippen LogP) is 2.22. The molecule has 0 spiro atoms. The second-order valence-corrected chi connectivity index (χ2v) is 9.28. The summed E-state index contributed by atoms with van der Waals surface area (Å²) in [6.07, 6.45) is -0.102. The maximum Gasteiger partial charge on any atom is 0.243 e. The van der Waals surface area contributed by atoms with Crippen molar-refractivity contribution in [2.45, 2.75) is 19.4 Å². The van der Waals surface area contributed by atoms with E-state index >= 15 is 0 Å². The van der Waals surface area contributed by atoms with Crippen LogP contribution in [0.1, 0.15) is 13.3 Å². The lowest BCUT2D eigenvalue weighted by atomic mass is 10.1. The smallest absolute Gasteiger partial charge is 0.243 e. The minimum Gasteiger partial charge on any atom is -0.494 e. The fraction of sp³-hybridized carbons (Fsp3) is 0.423. The van der Waals surface area contributed by atoms with E-state index in [1.165, 1.54) is 0 Å². The summed E-state index contributed by atoms with van der Waals surface area (Å²) in [6.45, 7) is 6.51. The van der Waals surface area contributed by atoms with Crippen molar-refractivity contribution < 1.29 is 19.1 Å². The molecule has 192 valence electrons. The fourth-order valence-corrected chi connectivity index (χ4v) is 4.63. The summed E-state index contributed by atoms with van der Waals surface area (Å²) in [5, 5.41) is 6.29. The molecule has 36 heavy (non-hydrogen) atoms. The van der Waals surface area contributed by atoms with Crippen LogP contribution in [0.3, 0.4) is 0 Å². The molecule has 0 unspecified atom stereocenters. The lowest BCUT2D eigenvalue weighted by Crippen LogP contribution is -2.60. The third-order valence-corrected chi connectivity index (χ3v) is 6.65. The van der Waals surface area contributed by atoms with Crippen molar-refractivity contribution in [1.82, 2.24) is 15.1 Å². The molecule has 10 heteroatoms. The summed E-state index contributed by atoms with van der Waals surface area (Å²) in [5.74, 6) is -0.0452. The maximum absolute atomic E-state index is 13.2. The van der Waals surface area contributed by atoms with E-state index < -0.39 is 6.04 Å². The van der Waals surface area contributed by atoms with Gasteiger partial charge in [-0.2, -0.15) is 0 Å². The summed E-state index contributed by atoms with van der Waals surface area (Å²) in [7, 11) is 0. The summed E-state index contributed by atoms with van der Waals surface area (Å²) >= 11 is 5.99. The van der Waals surface area contributed by atoms with Crippen LogP contribution in [-0.2, 0) is 14.4 Å². The van der Waals surface area contributed by atoms with E-state index in [0.717, 1.165) is 31.9 Å². The van der Waals surface area contributed by atoms with E-state index in [-0.39, 0.29) is 30.7 Å². The number of hydrogen-bond donors (Lipinski definition) is 2. The van der Waals surface area contributed by atoms with Gasteiger partial charge in [-0.15, -0.1) is 0 Å². The van der Waals surface area contributed by atoms with E-state index in [0.29, 0.717) is 36.2 Å². The van der Waals surface area contributed by atoms with Crippen molar-refractivity contribution in [3.05, 3.63) is 53.6 Å². The van der Waals surface area contributed by atoms with Gasteiger partial charge in [0.1, 0.15) is 11.8 Å². The molecule has 2 fully saturated rings. The van der Waals surface area contributed by atoms with Crippen LogP contribution < -0.4 is 20.3 Å². The third-order valence-electron chi connectivity index (χ3n) is 6.40. The molecule has 0 aliphatic carbocycles. The van der Waals surface area contributed by atoms with E-state index in [4.69, 9.17) is 16.3 Å². The van der Waals surface area contributed by atoms with Crippen LogP contribution in [0, 0.1) is 0 Å². The van der Waals surface area contributed by atoms with Gasteiger partial charge >= 0.3 is 0 Å². The first-order valence-corrected chi connectivity index (χ1v) is 12.6. The van der Waals surface area contributed by atoms with E-state index in [2.05, 4.69) is 20.4 Å². The molecule has 0 aromatic heterocycles. The summed E-state index contributed by atoms with van der Waals surface area (Å²) < 4.78 is 5.42. The number of ether oxygens (including phenoxy) is 1. The topological polar surface area (TPSA) is 94.2 Å². The monoisotopic (exact) mass is 513 g/mol. The Hall–Kier alpha value is -3.30. The van der Waals surface area contributed by atoms with Crippen LogP contribution in [-0.4, -0.2) is 86.0 Å². The summed E-state index contributed by atoms with van der Waals surface area (Å²) in [5.41, 5.74) is 1.72. The minimum absolute atomic E-state index is 0.102. The lowest BCUT2D eigenvalue weighted by molar-refractivity contribution is -0.145. The van der Waals surface area contributed by atoms with Gasteiger partial charge in [0.25, 0.3) is 0 Å². The molecule has 2 aliphatic rings. The molecule has 2 aromatic carbocycles. The predicted molar refractivity (Wildman–Crippen MR) is 139 cm³/mol. The minimum atomic E-state index is -0.829. The highest BCUT2D eigenvalue weighted by Crippen LogP contribution is 2.20. The standard InChI is InChI=1S/C26H32ClN5O4/c1-2-36-22-9-5-20(6-10-22)29-24(33)17-23-26(35)28-11-12-32(23)25(34)18-30-13-15-31(16-14-30)21-7-3-19(27)4-8-21/h3-10,23H,2,11-18H2,1H3,(H,28,35)(H,29,33)/t23-/m0/s1. The van der Waals surface area contributed by atoms with Gasteiger partial charge in [-0.25, -0.2) is 0 Å². The number of rotatable bonds is 8. The Morgan fingerprint density at radius 1 is 1.03 bits per heavy atom. The molecule has 2 N–H and O–H groups in total. The van der Waals surface area contributed by atoms with E-state index in [1.54, 1.807) is 29.2 Å². The Morgan fingerprint density at radius 3 is 2.39 bits per heavy atom. The van der Waals surface area contributed by atoms with Gasteiger partial charge < -0.3 is 25.2 Å². The molecule has 2 aromatic rings. The zero-order valence-corrected chi connectivity index (χ0v) is 21.2. The first kappa shape index (κ1) is 25.8. The molecule has 9 nitrogen and oxygen atoms in total. The van der Waals surface area contributed by atoms with Crippen molar-refractivity contribution in [2.75, 3.05) is 62.6 Å². The Kier molecular flexibility index (Phi) is 8.66. The Labute approximate surface area is 216 Å². The molecule has 0 bridgehead atoms.